The molecule has 0 radical (unpaired) electrons. The molecule has 0 amide bonds. The van der Waals surface area contributed by atoms with Crippen LogP contribution in [0.3, 0.4) is 0 Å². The molecule has 1 heterocycles. The largest absolute Gasteiger partial charge is 0.481 e. The van der Waals surface area contributed by atoms with Crippen molar-refractivity contribution in [2.24, 2.45) is 0 Å². The van der Waals surface area contributed by atoms with Crippen LogP contribution in [0.2, 0.25) is 0 Å². The van der Waals surface area contributed by atoms with Crippen molar-refractivity contribution in [2.75, 3.05) is 5.32 Å². The van der Waals surface area contributed by atoms with Crippen molar-refractivity contribution in [1.29, 1.82) is 0 Å². The van der Waals surface area contributed by atoms with E-state index in [0.717, 1.165) is 17.0 Å². The van der Waals surface area contributed by atoms with Gasteiger partial charge in [0.25, 0.3) is 0 Å². The van der Waals surface area contributed by atoms with Crippen LogP contribution < -0.4 is 5.32 Å². The topological polar surface area (TPSA) is 49.3 Å². The van der Waals surface area contributed by atoms with E-state index in [1.807, 2.05) is 0 Å². The van der Waals surface area contributed by atoms with Gasteiger partial charge in [-0.15, -0.1) is 11.3 Å². The van der Waals surface area contributed by atoms with Crippen LogP contribution in [-0.4, -0.2) is 11.1 Å². The van der Waals surface area contributed by atoms with Gasteiger partial charge < -0.3 is 10.4 Å². The van der Waals surface area contributed by atoms with E-state index in [-0.39, 0.29) is 18.7 Å². The molecule has 0 atom stereocenters. The third-order valence-corrected chi connectivity index (χ3v) is 3.62. The van der Waals surface area contributed by atoms with Crippen molar-refractivity contribution in [3.8, 4) is 0 Å². The Morgan fingerprint density at radius 2 is 1.80 bits per heavy atom. The Morgan fingerprint density at radius 3 is 2.50 bits per heavy atom. The molecule has 106 valence electrons. The monoisotopic (exact) mass is 301 g/mol. The summed E-state index contributed by atoms with van der Waals surface area (Å²) in [5, 5.41) is 11.3. The van der Waals surface area contributed by atoms with Crippen LogP contribution in [0.15, 0.2) is 24.3 Å². The number of rotatable bonds is 5. The fourth-order valence-corrected chi connectivity index (χ4v) is 2.56. The molecule has 0 saturated carbocycles. The van der Waals surface area contributed by atoms with Crippen molar-refractivity contribution in [3.05, 3.63) is 51.5 Å². The highest BCUT2D eigenvalue weighted by molar-refractivity contribution is 7.12. The lowest BCUT2D eigenvalue weighted by Gasteiger charge is -2.07. The molecule has 2 N–H and O–H groups in total. The van der Waals surface area contributed by atoms with Crippen molar-refractivity contribution >= 4 is 23.0 Å². The first-order valence-electron chi connectivity index (χ1n) is 5.64. The van der Waals surface area contributed by atoms with Crippen LogP contribution in [0.1, 0.15) is 9.75 Å². The lowest BCUT2D eigenvalue weighted by molar-refractivity contribution is -0.136. The molecule has 0 aliphatic carbocycles. The summed E-state index contributed by atoms with van der Waals surface area (Å²) in [6, 6.07) is 5.32. The summed E-state index contributed by atoms with van der Waals surface area (Å²) in [6.07, 6.45) is -0.0792. The molecule has 3 nitrogen and oxygen atoms in total. The fourth-order valence-electron chi connectivity index (χ4n) is 1.61. The second-order valence-corrected chi connectivity index (χ2v) is 5.27. The first-order chi connectivity index (χ1) is 9.47. The van der Waals surface area contributed by atoms with E-state index < -0.39 is 23.4 Å². The van der Waals surface area contributed by atoms with Gasteiger partial charge in [0.15, 0.2) is 17.5 Å². The first kappa shape index (κ1) is 14.4. The standard InChI is InChI=1S/C13H10F3NO2S/c14-9-3-4-10(13(16)12(9)15)17-6-8-2-1-7(20-8)5-11(18)19/h1-4,17H,5-6H2,(H,18,19). The molecular weight excluding hydrogens is 291 g/mol. The van der Waals surface area contributed by atoms with Crippen molar-refractivity contribution < 1.29 is 23.1 Å². The van der Waals surface area contributed by atoms with Gasteiger partial charge in [-0.1, -0.05) is 0 Å². The average molecular weight is 301 g/mol. The Bertz CT molecular complexity index is 643. The quantitative estimate of drug-likeness (QED) is 0.832. The zero-order valence-corrected chi connectivity index (χ0v) is 10.9. The van der Waals surface area contributed by atoms with Crippen LogP contribution >= 0.6 is 11.3 Å². The Hall–Kier alpha value is -2.02. The van der Waals surface area contributed by atoms with E-state index in [2.05, 4.69) is 5.32 Å². The predicted octanol–water partition coefficient (Wildman–Crippen LogP) is 3.40. The zero-order chi connectivity index (χ0) is 14.7. The molecular formula is C13H10F3NO2S. The SMILES string of the molecule is O=C(O)Cc1ccc(CNc2ccc(F)c(F)c2F)s1. The van der Waals surface area contributed by atoms with Crippen molar-refractivity contribution in [3.63, 3.8) is 0 Å². The average Bonchev–Trinajstić information content (AvgIpc) is 2.82. The van der Waals surface area contributed by atoms with E-state index in [9.17, 15) is 18.0 Å². The highest BCUT2D eigenvalue weighted by Gasteiger charge is 2.13. The summed E-state index contributed by atoms with van der Waals surface area (Å²) in [5.41, 5.74) is -0.142. The number of nitrogens with one attached hydrogen (secondary N) is 1. The molecule has 0 saturated heterocycles. The van der Waals surface area contributed by atoms with Gasteiger partial charge in [0.2, 0.25) is 0 Å². The Labute approximate surface area is 116 Å². The number of hydrogen-bond acceptors (Lipinski definition) is 3. The summed E-state index contributed by atoms with van der Waals surface area (Å²) in [6.45, 7) is 0.201. The van der Waals surface area contributed by atoms with Gasteiger partial charge in [-0.3, -0.25) is 4.79 Å². The summed E-state index contributed by atoms with van der Waals surface area (Å²) < 4.78 is 39.2. The van der Waals surface area contributed by atoms with Gasteiger partial charge in [-0.05, 0) is 24.3 Å². The zero-order valence-electron chi connectivity index (χ0n) is 10.1. The van der Waals surface area contributed by atoms with E-state index in [1.54, 1.807) is 12.1 Å². The molecule has 1 aromatic heterocycles. The van der Waals surface area contributed by atoms with Crippen molar-refractivity contribution in [1.82, 2.24) is 0 Å². The van der Waals surface area contributed by atoms with Gasteiger partial charge in [-0.25, -0.2) is 13.2 Å². The molecule has 20 heavy (non-hydrogen) atoms. The minimum absolute atomic E-state index is 0.0792. The van der Waals surface area contributed by atoms with Gasteiger partial charge in [-0.2, -0.15) is 0 Å². The minimum Gasteiger partial charge on any atom is -0.481 e. The Balaban J connectivity index is 2.04. The molecule has 0 bridgehead atoms. The van der Waals surface area contributed by atoms with E-state index >= 15 is 0 Å². The Morgan fingerprint density at radius 1 is 1.10 bits per heavy atom. The van der Waals surface area contributed by atoms with E-state index in [1.165, 1.54) is 11.3 Å². The molecule has 2 rings (SSSR count). The highest BCUT2D eigenvalue weighted by Crippen LogP contribution is 2.22. The molecule has 0 unspecified atom stereocenters. The number of thiophene rings is 1. The van der Waals surface area contributed by atoms with Gasteiger partial charge >= 0.3 is 5.97 Å². The molecule has 1 aromatic carbocycles. The maximum atomic E-state index is 13.4. The van der Waals surface area contributed by atoms with Gasteiger partial charge in [0.1, 0.15) is 0 Å². The van der Waals surface area contributed by atoms with Crippen molar-refractivity contribution in [2.45, 2.75) is 13.0 Å². The minimum atomic E-state index is -1.52. The smallest absolute Gasteiger partial charge is 0.308 e. The van der Waals surface area contributed by atoms with Crippen LogP contribution in [0.4, 0.5) is 18.9 Å². The number of halogens is 3. The summed E-state index contributed by atoms with van der Waals surface area (Å²) in [5.74, 6) is -4.97. The van der Waals surface area contributed by atoms with Crippen LogP contribution in [0.25, 0.3) is 0 Å². The van der Waals surface area contributed by atoms with Gasteiger partial charge in [0.05, 0.1) is 12.1 Å². The van der Waals surface area contributed by atoms with Crippen LogP contribution in [0.5, 0.6) is 0 Å². The lowest BCUT2D eigenvalue weighted by Crippen LogP contribution is -2.02. The number of carboxylic acids is 1. The van der Waals surface area contributed by atoms with Crippen LogP contribution in [-0.2, 0) is 17.8 Å². The molecule has 0 aliphatic heterocycles. The van der Waals surface area contributed by atoms with Gasteiger partial charge in [0, 0.05) is 16.3 Å². The number of benzene rings is 1. The number of anilines is 1. The maximum absolute atomic E-state index is 13.4. The number of carboxylic acid groups (broad SMARTS) is 1. The highest BCUT2D eigenvalue weighted by atomic mass is 32.1. The molecule has 7 heteroatoms. The summed E-state index contributed by atoms with van der Waals surface area (Å²) in [4.78, 5) is 12.0. The fraction of sp³-hybridized carbons (Fsp3) is 0.154. The molecule has 0 spiro atoms. The third kappa shape index (κ3) is 3.30. The Kier molecular flexibility index (Phi) is 4.29. The summed E-state index contributed by atoms with van der Waals surface area (Å²) >= 11 is 1.26. The summed E-state index contributed by atoms with van der Waals surface area (Å²) in [7, 11) is 0. The number of aliphatic carboxylic acids is 1. The predicted molar refractivity (Wildman–Crippen MR) is 69.3 cm³/mol. The molecule has 0 fully saturated rings. The second-order valence-electron chi connectivity index (χ2n) is 4.02. The van der Waals surface area contributed by atoms with E-state index in [0.29, 0.717) is 4.88 Å². The first-order valence-corrected chi connectivity index (χ1v) is 6.46. The normalized spacial score (nSPS) is 10.6. The number of carbonyl (C=O) groups is 1. The van der Waals surface area contributed by atoms with Crippen LogP contribution in [0, 0.1) is 17.5 Å². The second kappa shape index (κ2) is 5.96. The lowest BCUT2D eigenvalue weighted by atomic mass is 10.2. The number of hydrogen-bond donors (Lipinski definition) is 2. The maximum Gasteiger partial charge on any atom is 0.308 e. The molecule has 2 aromatic rings. The van der Waals surface area contributed by atoms with E-state index in [4.69, 9.17) is 5.11 Å². The molecule has 0 aliphatic rings. The third-order valence-electron chi connectivity index (χ3n) is 2.53.